The molecule has 0 aromatic heterocycles. The summed E-state index contributed by atoms with van der Waals surface area (Å²) in [6.45, 7) is 12.1. The van der Waals surface area contributed by atoms with Crippen molar-refractivity contribution in [1.29, 1.82) is 0 Å². The largest absolute Gasteiger partial charge is 0.496 e. The molecule has 0 amide bonds. The fourth-order valence-corrected chi connectivity index (χ4v) is 3.79. The van der Waals surface area contributed by atoms with E-state index in [2.05, 4.69) is 55.9 Å². The lowest BCUT2D eigenvalue weighted by molar-refractivity contribution is 0.0522. The monoisotopic (exact) mass is 515 g/mol. The first-order valence-corrected chi connectivity index (χ1v) is 10.4. The molecule has 2 rings (SSSR count). The molecule has 1 aromatic rings. The van der Waals surface area contributed by atoms with Gasteiger partial charge in [-0.1, -0.05) is 23.8 Å². The van der Waals surface area contributed by atoms with Gasteiger partial charge in [0.25, 0.3) is 0 Å². The number of methoxy groups -OCH3 is 1. The number of hydrogen-bond acceptors (Lipinski definition) is 3. The zero-order chi connectivity index (χ0) is 20.4. The van der Waals surface area contributed by atoms with Crippen molar-refractivity contribution >= 4 is 29.9 Å². The van der Waals surface area contributed by atoms with Crippen LogP contribution >= 0.6 is 24.0 Å². The van der Waals surface area contributed by atoms with Crippen molar-refractivity contribution in [3.05, 3.63) is 42.0 Å². The van der Waals surface area contributed by atoms with Crippen LogP contribution < -0.4 is 10.1 Å². The number of halogens is 1. The molecule has 164 valence electrons. The van der Waals surface area contributed by atoms with Gasteiger partial charge in [-0.2, -0.15) is 0 Å². The van der Waals surface area contributed by atoms with Gasteiger partial charge in [0.1, 0.15) is 5.75 Å². The maximum absolute atomic E-state index is 5.72. The maximum atomic E-state index is 5.72. The average Bonchev–Trinajstić information content (AvgIpc) is 2.72. The molecule has 1 heterocycles. The Bertz CT molecular complexity index is 658. The summed E-state index contributed by atoms with van der Waals surface area (Å²) in [6.07, 6.45) is 5.98. The summed E-state index contributed by atoms with van der Waals surface area (Å²) >= 11 is 0. The highest BCUT2D eigenvalue weighted by Crippen LogP contribution is 2.40. The van der Waals surface area contributed by atoms with E-state index in [9.17, 15) is 0 Å². The van der Waals surface area contributed by atoms with Gasteiger partial charge < -0.3 is 19.7 Å². The van der Waals surface area contributed by atoms with E-state index in [0.717, 1.165) is 70.2 Å². The maximum Gasteiger partial charge on any atom is 0.193 e. The third kappa shape index (κ3) is 7.17. The van der Waals surface area contributed by atoms with E-state index < -0.39 is 0 Å². The average molecular weight is 515 g/mol. The van der Waals surface area contributed by atoms with Crippen molar-refractivity contribution in [3.8, 4) is 5.75 Å². The fraction of sp³-hybridized carbons (Fsp3) is 0.609. The molecule has 0 atom stereocenters. The predicted octanol–water partition coefficient (Wildman–Crippen LogP) is 4.53. The Morgan fingerprint density at radius 2 is 2.10 bits per heavy atom. The van der Waals surface area contributed by atoms with Gasteiger partial charge in [-0.25, -0.2) is 0 Å². The molecule has 0 radical (unpaired) electrons. The number of unbranched alkanes of at least 4 members (excludes halogenated alkanes) is 1. The van der Waals surface area contributed by atoms with Gasteiger partial charge in [0.05, 0.1) is 13.7 Å². The molecule has 0 unspecified atom stereocenters. The van der Waals surface area contributed by atoms with Gasteiger partial charge in [0, 0.05) is 44.3 Å². The van der Waals surface area contributed by atoms with Crippen LogP contribution in [0.2, 0.25) is 0 Å². The number of hydrogen-bond donors (Lipinski definition) is 1. The molecule has 1 fully saturated rings. The number of benzene rings is 1. The summed E-state index contributed by atoms with van der Waals surface area (Å²) in [5.41, 5.74) is 2.45. The summed E-state index contributed by atoms with van der Waals surface area (Å²) in [7, 11) is 3.86. The summed E-state index contributed by atoms with van der Waals surface area (Å²) in [5.74, 6) is 1.91. The van der Waals surface area contributed by atoms with Crippen molar-refractivity contribution < 1.29 is 9.47 Å². The summed E-state index contributed by atoms with van der Waals surface area (Å²) in [4.78, 5) is 7.28. The predicted molar refractivity (Wildman–Crippen MR) is 133 cm³/mol. The molecule has 0 spiro atoms. The smallest absolute Gasteiger partial charge is 0.193 e. The SMILES string of the molecule is C=CCCCN(C)C(=NCC1(c2cc(C)ccc2OC)CCOCC1)NCC.I. The van der Waals surface area contributed by atoms with E-state index in [4.69, 9.17) is 14.5 Å². The summed E-state index contributed by atoms with van der Waals surface area (Å²) < 4.78 is 11.4. The fourth-order valence-electron chi connectivity index (χ4n) is 3.79. The number of nitrogens with zero attached hydrogens (tertiary/aromatic N) is 2. The van der Waals surface area contributed by atoms with Crippen LogP contribution in [0.3, 0.4) is 0 Å². The second kappa shape index (κ2) is 13.1. The molecular formula is C23H38IN3O2. The first kappa shape index (κ1) is 25.8. The highest BCUT2D eigenvalue weighted by molar-refractivity contribution is 14.0. The van der Waals surface area contributed by atoms with Crippen LogP contribution in [0.15, 0.2) is 35.8 Å². The zero-order valence-corrected chi connectivity index (χ0v) is 20.8. The van der Waals surface area contributed by atoms with Gasteiger partial charge in [0.15, 0.2) is 5.96 Å². The van der Waals surface area contributed by atoms with Crippen molar-refractivity contribution in [2.75, 3.05) is 47.0 Å². The number of ether oxygens (including phenoxy) is 2. The van der Waals surface area contributed by atoms with E-state index in [1.54, 1.807) is 7.11 Å². The standard InChI is InChI=1S/C23H37N3O2.HI/c1-6-8-9-14-26(4)22(24-7-2)25-18-23(12-15-28-16-13-23)20-17-19(3)10-11-21(20)27-5;/h6,10-11,17H,1,7-9,12-16,18H2,2-5H3,(H,24,25);1H. The van der Waals surface area contributed by atoms with Crippen molar-refractivity contribution in [1.82, 2.24) is 10.2 Å². The molecule has 6 heteroatoms. The number of rotatable bonds is 9. The molecule has 1 aliphatic rings. The van der Waals surface area contributed by atoms with E-state index >= 15 is 0 Å². The lowest BCUT2D eigenvalue weighted by Crippen LogP contribution is -2.42. The van der Waals surface area contributed by atoms with Gasteiger partial charge in [0.2, 0.25) is 0 Å². The van der Waals surface area contributed by atoms with Crippen LogP contribution in [-0.4, -0.2) is 57.9 Å². The molecule has 0 bridgehead atoms. The van der Waals surface area contributed by atoms with Crippen LogP contribution in [0, 0.1) is 6.92 Å². The minimum Gasteiger partial charge on any atom is -0.496 e. The van der Waals surface area contributed by atoms with E-state index in [1.807, 2.05) is 6.08 Å². The zero-order valence-electron chi connectivity index (χ0n) is 18.5. The number of aliphatic imine (C=N–C) groups is 1. The van der Waals surface area contributed by atoms with Gasteiger partial charge in [-0.15, -0.1) is 30.6 Å². The molecule has 5 nitrogen and oxygen atoms in total. The van der Waals surface area contributed by atoms with Crippen LogP contribution in [0.5, 0.6) is 5.75 Å². The number of allylic oxidation sites excluding steroid dienone is 1. The van der Waals surface area contributed by atoms with Crippen LogP contribution in [0.4, 0.5) is 0 Å². The number of aryl methyl sites for hydroxylation is 1. The summed E-state index contributed by atoms with van der Waals surface area (Å²) in [6, 6.07) is 6.45. The Hall–Kier alpha value is -1.28. The highest BCUT2D eigenvalue weighted by Gasteiger charge is 2.37. The lowest BCUT2D eigenvalue weighted by atomic mass is 9.73. The van der Waals surface area contributed by atoms with Gasteiger partial charge in [-0.3, -0.25) is 4.99 Å². The van der Waals surface area contributed by atoms with E-state index in [0.29, 0.717) is 0 Å². The molecule has 1 saturated heterocycles. The first-order valence-electron chi connectivity index (χ1n) is 10.4. The number of nitrogens with one attached hydrogen (secondary N) is 1. The normalized spacial score (nSPS) is 15.9. The van der Waals surface area contributed by atoms with Crippen LogP contribution in [-0.2, 0) is 10.2 Å². The van der Waals surface area contributed by atoms with E-state index in [1.165, 1.54) is 11.1 Å². The third-order valence-corrected chi connectivity index (χ3v) is 5.51. The third-order valence-electron chi connectivity index (χ3n) is 5.51. The molecule has 0 saturated carbocycles. The Morgan fingerprint density at radius 3 is 2.72 bits per heavy atom. The molecule has 0 aliphatic carbocycles. The second-order valence-corrected chi connectivity index (χ2v) is 7.62. The van der Waals surface area contributed by atoms with Gasteiger partial charge >= 0.3 is 0 Å². The molecule has 1 aliphatic heterocycles. The Morgan fingerprint density at radius 1 is 1.38 bits per heavy atom. The van der Waals surface area contributed by atoms with Gasteiger partial charge in [-0.05, 0) is 45.6 Å². The van der Waals surface area contributed by atoms with Crippen molar-refractivity contribution in [2.45, 2.75) is 44.9 Å². The minimum absolute atomic E-state index is 0. The number of guanidine groups is 1. The molecular weight excluding hydrogens is 477 g/mol. The molecule has 29 heavy (non-hydrogen) atoms. The van der Waals surface area contributed by atoms with Crippen LogP contribution in [0.25, 0.3) is 0 Å². The highest BCUT2D eigenvalue weighted by atomic mass is 127. The minimum atomic E-state index is -0.0573. The Kier molecular flexibility index (Phi) is 11.6. The molecule has 1 N–H and O–H groups in total. The Labute approximate surface area is 194 Å². The summed E-state index contributed by atoms with van der Waals surface area (Å²) in [5, 5.41) is 3.45. The van der Waals surface area contributed by atoms with E-state index in [-0.39, 0.29) is 29.4 Å². The van der Waals surface area contributed by atoms with Crippen LogP contribution in [0.1, 0.15) is 43.7 Å². The lowest BCUT2D eigenvalue weighted by Gasteiger charge is -2.38. The Balaban J connectivity index is 0.00000420. The van der Waals surface area contributed by atoms with Crippen molar-refractivity contribution in [2.24, 2.45) is 4.99 Å². The van der Waals surface area contributed by atoms with Crippen molar-refractivity contribution in [3.63, 3.8) is 0 Å². The first-order chi connectivity index (χ1) is 13.6. The quantitative estimate of drug-likeness (QED) is 0.173. The second-order valence-electron chi connectivity index (χ2n) is 7.62. The molecule has 1 aromatic carbocycles. The topological polar surface area (TPSA) is 46.1 Å².